The first-order valence-electron chi connectivity index (χ1n) is 5.79. The summed E-state index contributed by atoms with van der Waals surface area (Å²) in [6.07, 6.45) is 2.33. The molecule has 2 nitrogen and oxygen atoms in total. The number of benzene rings is 1. The number of nitrogens with one attached hydrogen (secondary N) is 1. The van der Waals surface area contributed by atoms with Gasteiger partial charge in [-0.3, -0.25) is 5.41 Å². The molecule has 1 fully saturated rings. The van der Waals surface area contributed by atoms with E-state index in [0.717, 1.165) is 23.6 Å². The first-order chi connectivity index (χ1) is 7.65. The highest BCUT2D eigenvalue weighted by Crippen LogP contribution is 2.36. The standard InChI is InChI=1S/C13H15FN2/c1-8-4-11(5-8)16-7-9-2-3-10(14)6-12(9)13(16)15/h2-3,6,8,11,15H,4-5,7H2,1H3. The molecule has 0 unspecified atom stereocenters. The molecule has 0 radical (unpaired) electrons. The number of amidine groups is 1. The van der Waals surface area contributed by atoms with Crippen molar-refractivity contribution >= 4 is 5.84 Å². The van der Waals surface area contributed by atoms with E-state index in [-0.39, 0.29) is 5.82 Å². The molecule has 0 amide bonds. The lowest BCUT2D eigenvalue weighted by Crippen LogP contribution is -2.43. The van der Waals surface area contributed by atoms with Gasteiger partial charge in [0.15, 0.2) is 0 Å². The van der Waals surface area contributed by atoms with E-state index in [4.69, 9.17) is 5.41 Å². The molecule has 84 valence electrons. The molecule has 0 atom stereocenters. The lowest BCUT2D eigenvalue weighted by atomic mass is 9.81. The summed E-state index contributed by atoms with van der Waals surface area (Å²) < 4.78 is 13.1. The van der Waals surface area contributed by atoms with Gasteiger partial charge in [-0.15, -0.1) is 0 Å². The van der Waals surface area contributed by atoms with Crippen LogP contribution in [0.4, 0.5) is 4.39 Å². The number of hydrogen-bond donors (Lipinski definition) is 1. The molecule has 3 heteroatoms. The third kappa shape index (κ3) is 1.34. The highest BCUT2D eigenvalue weighted by molar-refractivity contribution is 6.00. The van der Waals surface area contributed by atoms with E-state index in [9.17, 15) is 4.39 Å². The summed E-state index contributed by atoms with van der Waals surface area (Å²) in [5.74, 6) is 1.04. The number of halogens is 1. The fourth-order valence-corrected chi connectivity index (χ4v) is 2.75. The Balaban J connectivity index is 1.86. The second-order valence-electron chi connectivity index (χ2n) is 5.01. The summed E-state index contributed by atoms with van der Waals surface area (Å²) in [7, 11) is 0. The van der Waals surface area contributed by atoms with Crippen LogP contribution in [0.2, 0.25) is 0 Å². The quantitative estimate of drug-likeness (QED) is 0.771. The summed E-state index contributed by atoms with van der Waals surface area (Å²) in [6, 6.07) is 5.28. The van der Waals surface area contributed by atoms with Crippen LogP contribution in [0.5, 0.6) is 0 Å². The van der Waals surface area contributed by atoms with E-state index >= 15 is 0 Å². The van der Waals surface area contributed by atoms with Crippen molar-refractivity contribution in [1.29, 1.82) is 5.41 Å². The maximum Gasteiger partial charge on any atom is 0.129 e. The van der Waals surface area contributed by atoms with Crippen LogP contribution in [0.25, 0.3) is 0 Å². The fourth-order valence-electron chi connectivity index (χ4n) is 2.75. The minimum absolute atomic E-state index is 0.243. The van der Waals surface area contributed by atoms with E-state index in [1.54, 1.807) is 6.07 Å². The molecule has 1 aromatic carbocycles. The van der Waals surface area contributed by atoms with Gasteiger partial charge in [-0.2, -0.15) is 0 Å². The maximum atomic E-state index is 13.1. The molecule has 1 heterocycles. The van der Waals surface area contributed by atoms with Crippen molar-refractivity contribution in [3.8, 4) is 0 Å². The Kier molecular flexibility index (Phi) is 2.03. The summed E-state index contributed by atoms with van der Waals surface area (Å²) in [6.45, 7) is 3.02. The van der Waals surface area contributed by atoms with Crippen molar-refractivity contribution in [3.05, 3.63) is 35.1 Å². The van der Waals surface area contributed by atoms with Gasteiger partial charge in [-0.1, -0.05) is 13.0 Å². The summed E-state index contributed by atoms with van der Waals surface area (Å²) in [5, 5.41) is 8.08. The van der Waals surface area contributed by atoms with Crippen LogP contribution in [0.3, 0.4) is 0 Å². The van der Waals surface area contributed by atoms with E-state index in [2.05, 4.69) is 11.8 Å². The zero-order chi connectivity index (χ0) is 11.3. The summed E-state index contributed by atoms with van der Waals surface area (Å²) in [5.41, 5.74) is 1.87. The predicted molar refractivity (Wildman–Crippen MR) is 61.0 cm³/mol. The fraction of sp³-hybridized carbons (Fsp3) is 0.462. The normalized spacial score (nSPS) is 27.9. The summed E-state index contributed by atoms with van der Waals surface area (Å²) >= 11 is 0. The average Bonchev–Trinajstić information content (AvgIpc) is 2.52. The zero-order valence-corrected chi connectivity index (χ0v) is 9.33. The molecule has 0 spiro atoms. The van der Waals surface area contributed by atoms with E-state index in [1.165, 1.54) is 25.0 Å². The average molecular weight is 218 g/mol. The van der Waals surface area contributed by atoms with Crippen LogP contribution >= 0.6 is 0 Å². The van der Waals surface area contributed by atoms with E-state index in [1.807, 2.05) is 0 Å². The van der Waals surface area contributed by atoms with Crippen LogP contribution in [-0.4, -0.2) is 16.8 Å². The Labute approximate surface area is 94.6 Å². The Morgan fingerprint density at radius 3 is 2.81 bits per heavy atom. The van der Waals surface area contributed by atoms with Gasteiger partial charge in [-0.05, 0) is 36.5 Å². The first-order valence-corrected chi connectivity index (χ1v) is 5.79. The molecule has 0 saturated heterocycles. The number of nitrogens with zero attached hydrogens (tertiary/aromatic N) is 1. The van der Waals surface area contributed by atoms with Crippen LogP contribution in [0, 0.1) is 17.1 Å². The minimum Gasteiger partial charge on any atom is -0.349 e. The molecule has 1 aromatic rings. The molecule has 16 heavy (non-hydrogen) atoms. The van der Waals surface area contributed by atoms with Crippen LogP contribution < -0.4 is 0 Å². The number of hydrogen-bond acceptors (Lipinski definition) is 1. The van der Waals surface area contributed by atoms with Gasteiger partial charge in [0.2, 0.25) is 0 Å². The van der Waals surface area contributed by atoms with Crippen molar-refractivity contribution in [2.45, 2.75) is 32.4 Å². The predicted octanol–water partition coefficient (Wildman–Crippen LogP) is 2.77. The van der Waals surface area contributed by atoms with Crippen molar-refractivity contribution in [1.82, 2.24) is 4.90 Å². The van der Waals surface area contributed by atoms with Gasteiger partial charge in [-0.25, -0.2) is 4.39 Å². The Bertz CT molecular complexity index is 449. The van der Waals surface area contributed by atoms with Gasteiger partial charge in [0.25, 0.3) is 0 Å². The van der Waals surface area contributed by atoms with Gasteiger partial charge in [0, 0.05) is 18.2 Å². The molecule has 1 aliphatic heterocycles. The van der Waals surface area contributed by atoms with Crippen molar-refractivity contribution < 1.29 is 4.39 Å². The van der Waals surface area contributed by atoms with Gasteiger partial charge in [0.1, 0.15) is 11.7 Å². The third-order valence-electron chi connectivity index (χ3n) is 3.74. The smallest absolute Gasteiger partial charge is 0.129 e. The largest absolute Gasteiger partial charge is 0.349 e. The highest BCUT2D eigenvalue weighted by Gasteiger charge is 2.36. The molecule has 1 aliphatic carbocycles. The van der Waals surface area contributed by atoms with E-state index < -0.39 is 0 Å². The second-order valence-corrected chi connectivity index (χ2v) is 5.01. The Morgan fingerprint density at radius 1 is 1.38 bits per heavy atom. The van der Waals surface area contributed by atoms with Crippen LogP contribution in [0.15, 0.2) is 18.2 Å². The Hall–Kier alpha value is -1.38. The molecule has 1 N–H and O–H groups in total. The molecule has 0 aromatic heterocycles. The summed E-state index contributed by atoms with van der Waals surface area (Å²) in [4.78, 5) is 2.12. The van der Waals surface area contributed by atoms with E-state index in [0.29, 0.717) is 11.9 Å². The van der Waals surface area contributed by atoms with Gasteiger partial charge in [0.05, 0.1) is 0 Å². The topological polar surface area (TPSA) is 27.1 Å². The molecule has 0 bridgehead atoms. The molecule has 3 rings (SSSR count). The molecular weight excluding hydrogens is 203 g/mol. The lowest BCUT2D eigenvalue weighted by molar-refractivity contribution is 0.148. The van der Waals surface area contributed by atoms with Crippen LogP contribution in [-0.2, 0) is 6.54 Å². The number of rotatable bonds is 1. The van der Waals surface area contributed by atoms with Gasteiger partial charge >= 0.3 is 0 Å². The molecule has 1 saturated carbocycles. The highest BCUT2D eigenvalue weighted by atomic mass is 19.1. The first kappa shape index (κ1) is 9.82. The molecule has 2 aliphatic rings. The molecular formula is C13H15FN2. The van der Waals surface area contributed by atoms with Gasteiger partial charge < -0.3 is 4.90 Å². The minimum atomic E-state index is -0.243. The van der Waals surface area contributed by atoms with Crippen molar-refractivity contribution in [2.75, 3.05) is 0 Å². The maximum absolute atomic E-state index is 13.1. The number of fused-ring (bicyclic) bond motifs is 1. The SMILES string of the molecule is CC1CC(N2Cc3ccc(F)cc3C2=N)C1. The van der Waals surface area contributed by atoms with Crippen LogP contribution in [0.1, 0.15) is 30.9 Å². The monoisotopic (exact) mass is 218 g/mol. The second kappa shape index (κ2) is 3.30. The Morgan fingerprint density at radius 2 is 2.12 bits per heavy atom. The zero-order valence-electron chi connectivity index (χ0n) is 9.33. The van der Waals surface area contributed by atoms with Crippen molar-refractivity contribution in [2.24, 2.45) is 5.92 Å². The lowest BCUT2D eigenvalue weighted by Gasteiger charge is -2.40. The van der Waals surface area contributed by atoms with Crippen molar-refractivity contribution in [3.63, 3.8) is 0 Å². The third-order valence-corrected chi connectivity index (χ3v) is 3.74.